The van der Waals surface area contributed by atoms with E-state index in [0.717, 1.165) is 0 Å². The normalized spacial score (nSPS) is 16.8. The first-order chi connectivity index (χ1) is 31.3. The molecule has 0 saturated carbocycles. The zero-order valence-electron chi connectivity index (χ0n) is 34.0. The van der Waals surface area contributed by atoms with Gasteiger partial charge in [0.1, 0.15) is 24.2 Å². The van der Waals surface area contributed by atoms with Crippen LogP contribution in [0.15, 0.2) is 179 Å². The van der Waals surface area contributed by atoms with Gasteiger partial charge in [0.25, 0.3) is 5.56 Å². The van der Waals surface area contributed by atoms with E-state index in [-0.39, 0.29) is 38.2 Å². The van der Waals surface area contributed by atoms with Gasteiger partial charge in [-0.2, -0.15) is 0 Å². The van der Waals surface area contributed by atoms with Crippen LogP contribution in [-0.4, -0.2) is 64.1 Å². The molecule has 0 aliphatic carbocycles. The van der Waals surface area contributed by atoms with E-state index in [4.69, 9.17) is 45.3 Å². The molecule has 4 heterocycles. The summed E-state index contributed by atoms with van der Waals surface area (Å²) in [5, 5.41) is 0.0580. The Morgan fingerprint density at radius 3 is 1.84 bits per heavy atom. The molecule has 5 aromatic carbocycles. The van der Waals surface area contributed by atoms with Gasteiger partial charge in [-0.05, 0) is 78.9 Å². The molecule has 0 unspecified atom stereocenters. The zero-order chi connectivity index (χ0) is 44.2. The average molecular weight is 872 g/mol. The zero-order valence-corrected chi connectivity index (χ0v) is 34.8. The summed E-state index contributed by atoms with van der Waals surface area (Å²) in [4.78, 5) is 62.0. The standard InChI is InChI=1S/C50H37N3O10S/c1-58-39-26-15-14-25-37(39)52-45(54)41-35(38-27-16-28-59-38)29-36(31-17-6-2-7-18-31)51-44(41)53(50(52)64)46-43(63-49(57)34-23-12-5-13-24-34)42(62-48(56)33-21-10-4-11-22-33)40(61-46)30-60-47(55)32-19-8-3-9-20-32/h2-29,40,42-43,46H,30H2,1H3/t40-,42-,43-,46-/m1/s1. The monoisotopic (exact) mass is 871 g/mol. The third kappa shape index (κ3) is 8.10. The third-order valence-corrected chi connectivity index (χ3v) is 11.0. The van der Waals surface area contributed by atoms with Crippen molar-refractivity contribution in [1.29, 1.82) is 0 Å². The Hall–Kier alpha value is -7.94. The van der Waals surface area contributed by atoms with Crippen LogP contribution in [0.4, 0.5) is 0 Å². The van der Waals surface area contributed by atoms with Crippen LogP contribution in [-0.2, 0) is 18.9 Å². The molecule has 0 spiro atoms. The Balaban J connectivity index is 1.31. The van der Waals surface area contributed by atoms with Gasteiger partial charge in [0.15, 0.2) is 28.9 Å². The number of esters is 3. The fraction of sp³-hybridized carbons (Fsp3) is 0.120. The molecule has 0 bridgehead atoms. The highest BCUT2D eigenvalue weighted by molar-refractivity contribution is 7.71. The molecule has 64 heavy (non-hydrogen) atoms. The van der Waals surface area contributed by atoms with Gasteiger partial charge in [-0.3, -0.25) is 9.36 Å². The van der Waals surface area contributed by atoms with Gasteiger partial charge in [0.05, 0.1) is 46.8 Å². The smallest absolute Gasteiger partial charge is 0.338 e. The van der Waals surface area contributed by atoms with Crippen molar-refractivity contribution >= 4 is 41.2 Å². The highest BCUT2D eigenvalue weighted by Crippen LogP contribution is 2.40. The van der Waals surface area contributed by atoms with E-state index in [2.05, 4.69) is 0 Å². The Morgan fingerprint density at radius 2 is 1.25 bits per heavy atom. The molecule has 13 nitrogen and oxygen atoms in total. The van der Waals surface area contributed by atoms with E-state index in [9.17, 15) is 14.4 Å². The summed E-state index contributed by atoms with van der Waals surface area (Å²) < 4.78 is 39.6. The number of fused-ring (bicyclic) bond motifs is 1. The summed E-state index contributed by atoms with van der Waals surface area (Å²) in [5.41, 5.74) is 1.88. The maximum absolute atomic E-state index is 15.2. The van der Waals surface area contributed by atoms with E-state index in [1.807, 2.05) is 30.3 Å². The highest BCUT2D eigenvalue weighted by atomic mass is 32.1. The van der Waals surface area contributed by atoms with Crippen molar-refractivity contribution in [3.63, 3.8) is 0 Å². The first-order valence-corrected chi connectivity index (χ1v) is 20.6. The second-order valence-corrected chi connectivity index (χ2v) is 14.9. The van der Waals surface area contributed by atoms with E-state index < -0.39 is 54.6 Å². The topological polar surface area (TPSA) is 150 Å². The van der Waals surface area contributed by atoms with Gasteiger partial charge in [-0.15, -0.1) is 0 Å². The Kier molecular flexibility index (Phi) is 11.8. The molecule has 14 heteroatoms. The lowest BCUT2D eigenvalue weighted by Gasteiger charge is -2.27. The van der Waals surface area contributed by atoms with E-state index in [0.29, 0.717) is 28.3 Å². The molecular weight excluding hydrogens is 835 g/mol. The highest BCUT2D eigenvalue weighted by Gasteiger charge is 2.52. The number of nitrogens with zero attached hydrogens (tertiary/aromatic N) is 3. The molecule has 0 amide bonds. The molecule has 9 rings (SSSR count). The largest absolute Gasteiger partial charge is 0.495 e. The number of carbonyl (C=O) groups excluding carboxylic acids is 3. The molecule has 318 valence electrons. The number of carbonyl (C=O) groups is 3. The number of hydrogen-bond acceptors (Lipinski definition) is 12. The lowest BCUT2D eigenvalue weighted by Crippen LogP contribution is -2.42. The second-order valence-electron chi connectivity index (χ2n) is 14.6. The Labute approximate surface area is 370 Å². The molecule has 4 atom stereocenters. The average Bonchev–Trinajstić information content (AvgIpc) is 4.00. The van der Waals surface area contributed by atoms with Crippen molar-refractivity contribution in [3.8, 4) is 34.0 Å². The quantitative estimate of drug-likeness (QED) is 0.0655. The minimum Gasteiger partial charge on any atom is -0.495 e. The van der Waals surface area contributed by atoms with E-state index in [1.165, 1.54) is 22.5 Å². The van der Waals surface area contributed by atoms with Crippen LogP contribution in [0.2, 0.25) is 0 Å². The van der Waals surface area contributed by atoms with Crippen molar-refractivity contribution in [2.24, 2.45) is 0 Å². The number of aromatic nitrogens is 3. The van der Waals surface area contributed by atoms with Gasteiger partial charge in [0.2, 0.25) is 0 Å². The first-order valence-electron chi connectivity index (χ1n) is 20.2. The van der Waals surface area contributed by atoms with E-state index >= 15 is 4.79 Å². The minimum absolute atomic E-state index is 0.0229. The number of pyridine rings is 1. The number of benzene rings is 5. The summed E-state index contributed by atoms with van der Waals surface area (Å²) in [6.07, 6.45) is -4.21. The van der Waals surface area contributed by atoms with Gasteiger partial charge >= 0.3 is 17.9 Å². The van der Waals surface area contributed by atoms with Gasteiger partial charge < -0.3 is 28.1 Å². The van der Waals surface area contributed by atoms with Crippen LogP contribution >= 0.6 is 12.2 Å². The van der Waals surface area contributed by atoms with Crippen LogP contribution in [0, 0.1) is 4.77 Å². The lowest BCUT2D eigenvalue weighted by atomic mass is 10.0. The Bertz CT molecular complexity index is 3090. The summed E-state index contributed by atoms with van der Waals surface area (Å²) >= 11 is 6.30. The van der Waals surface area contributed by atoms with Crippen molar-refractivity contribution in [3.05, 3.63) is 202 Å². The number of furan rings is 1. The number of para-hydroxylation sites is 2. The molecular formula is C50H37N3O10S. The predicted octanol–water partition coefficient (Wildman–Crippen LogP) is 9.06. The molecule has 1 saturated heterocycles. The van der Waals surface area contributed by atoms with Gasteiger partial charge in [-0.1, -0.05) is 97.1 Å². The molecule has 0 radical (unpaired) electrons. The number of ether oxygens (including phenoxy) is 5. The fourth-order valence-corrected chi connectivity index (χ4v) is 7.99. The number of methoxy groups -OCH3 is 1. The second kappa shape index (κ2) is 18.2. The number of hydrogen-bond donors (Lipinski definition) is 0. The summed E-state index contributed by atoms with van der Waals surface area (Å²) in [5.74, 6) is -1.58. The SMILES string of the molecule is COc1ccccc1-n1c(=O)c2c(-c3ccco3)cc(-c3ccccc3)nc2n([C@@H]2O[C@H](COC(=O)c3ccccc3)[C@@H](OC(=O)c3ccccc3)[C@H]2OC(=O)c2ccccc2)c1=S. The van der Waals surface area contributed by atoms with Crippen LogP contribution in [0.25, 0.3) is 39.3 Å². The molecule has 1 fully saturated rings. The molecule has 0 N–H and O–H groups in total. The lowest BCUT2D eigenvalue weighted by molar-refractivity contribution is -0.0617. The maximum Gasteiger partial charge on any atom is 0.338 e. The van der Waals surface area contributed by atoms with Crippen LogP contribution in [0.3, 0.4) is 0 Å². The predicted molar refractivity (Wildman–Crippen MR) is 238 cm³/mol. The van der Waals surface area contributed by atoms with Crippen LogP contribution in [0.1, 0.15) is 37.3 Å². The molecule has 1 aliphatic heterocycles. The molecule has 1 aliphatic rings. The Morgan fingerprint density at radius 1 is 0.688 bits per heavy atom. The molecule has 3 aromatic heterocycles. The van der Waals surface area contributed by atoms with Crippen molar-refractivity contribution in [2.45, 2.75) is 24.5 Å². The molecule has 8 aromatic rings. The summed E-state index contributed by atoms with van der Waals surface area (Å²) in [6.45, 7) is -0.464. The first kappa shape index (κ1) is 41.4. The van der Waals surface area contributed by atoms with Gasteiger partial charge in [-0.25, -0.2) is 23.9 Å². The van der Waals surface area contributed by atoms with Crippen molar-refractivity contribution in [2.75, 3.05) is 13.7 Å². The summed E-state index contributed by atoms with van der Waals surface area (Å²) in [6, 6.07) is 46.1. The van der Waals surface area contributed by atoms with Crippen molar-refractivity contribution in [1.82, 2.24) is 14.1 Å². The van der Waals surface area contributed by atoms with Crippen molar-refractivity contribution < 1.29 is 42.5 Å². The third-order valence-electron chi connectivity index (χ3n) is 10.7. The fourth-order valence-electron chi connectivity index (χ4n) is 7.62. The van der Waals surface area contributed by atoms with Crippen LogP contribution in [0.5, 0.6) is 5.75 Å². The maximum atomic E-state index is 15.2. The summed E-state index contributed by atoms with van der Waals surface area (Å²) in [7, 11) is 1.47. The van der Waals surface area contributed by atoms with Crippen LogP contribution < -0.4 is 10.3 Å². The minimum atomic E-state index is -1.51. The number of rotatable bonds is 12. The van der Waals surface area contributed by atoms with Gasteiger partial charge in [0, 0.05) is 11.1 Å². The van der Waals surface area contributed by atoms with E-state index in [1.54, 1.807) is 133 Å².